The van der Waals surface area contributed by atoms with Crippen LogP contribution in [0.4, 0.5) is 14.9 Å². The molecule has 5 rings (SSSR count). The van der Waals surface area contributed by atoms with Crippen LogP contribution in [0.5, 0.6) is 0 Å². The van der Waals surface area contributed by atoms with Gasteiger partial charge in [0.2, 0.25) is 0 Å². The smallest absolute Gasteiger partial charge is 0.335 e. The van der Waals surface area contributed by atoms with Crippen molar-refractivity contribution in [2.45, 2.75) is 6.54 Å². The van der Waals surface area contributed by atoms with Crippen LogP contribution in [0.25, 0.3) is 17.0 Å². The number of barbiturate groups is 1. The van der Waals surface area contributed by atoms with Gasteiger partial charge in [0.05, 0.1) is 12.2 Å². The van der Waals surface area contributed by atoms with E-state index in [0.29, 0.717) is 22.2 Å². The predicted octanol–water partition coefficient (Wildman–Crippen LogP) is 5.80. The average Bonchev–Trinajstić information content (AvgIpc) is 3.17. The minimum Gasteiger partial charge on any atom is -0.342 e. The molecule has 2 heterocycles. The van der Waals surface area contributed by atoms with Crippen LogP contribution in [-0.2, 0) is 16.1 Å². The molecule has 1 N–H and O–H groups in total. The van der Waals surface area contributed by atoms with Gasteiger partial charge in [0.15, 0.2) is 0 Å². The molecule has 1 aliphatic heterocycles. The van der Waals surface area contributed by atoms with Crippen LogP contribution >= 0.6 is 23.2 Å². The van der Waals surface area contributed by atoms with Crippen molar-refractivity contribution in [2.24, 2.45) is 0 Å². The summed E-state index contributed by atoms with van der Waals surface area (Å²) in [5.74, 6) is -2.14. The predicted molar refractivity (Wildman–Crippen MR) is 133 cm³/mol. The normalized spacial score (nSPS) is 15.2. The third kappa shape index (κ3) is 4.20. The van der Waals surface area contributed by atoms with Gasteiger partial charge in [-0.15, -0.1) is 0 Å². The van der Waals surface area contributed by atoms with Gasteiger partial charge in [-0.1, -0.05) is 47.5 Å². The monoisotopic (exact) mass is 507 g/mol. The Kier molecular flexibility index (Phi) is 5.88. The molecule has 9 heteroatoms. The fraction of sp³-hybridized carbons (Fsp3) is 0.0385. The maximum absolute atomic E-state index is 13.3. The van der Waals surface area contributed by atoms with Gasteiger partial charge in [0, 0.05) is 38.3 Å². The zero-order valence-corrected chi connectivity index (χ0v) is 19.5. The molecule has 6 nitrogen and oxygen atoms in total. The Morgan fingerprint density at radius 1 is 0.886 bits per heavy atom. The number of amides is 4. The molecule has 0 atom stereocenters. The number of para-hydroxylation sites is 1. The number of imide groups is 2. The first-order valence-corrected chi connectivity index (χ1v) is 11.3. The summed E-state index contributed by atoms with van der Waals surface area (Å²) in [5.41, 5.74) is 2.08. The van der Waals surface area contributed by atoms with Crippen molar-refractivity contribution in [1.29, 1.82) is 0 Å². The lowest BCUT2D eigenvalue weighted by Gasteiger charge is -2.26. The molecule has 0 saturated carbocycles. The van der Waals surface area contributed by atoms with E-state index in [-0.39, 0.29) is 11.3 Å². The molecule has 4 aromatic rings. The van der Waals surface area contributed by atoms with Crippen molar-refractivity contribution in [1.82, 2.24) is 9.88 Å². The van der Waals surface area contributed by atoms with Crippen LogP contribution in [-0.4, -0.2) is 22.4 Å². The molecule has 0 unspecified atom stereocenters. The summed E-state index contributed by atoms with van der Waals surface area (Å²) in [6.07, 6.45) is 3.23. The number of nitrogens with one attached hydrogen (secondary N) is 1. The van der Waals surface area contributed by atoms with Gasteiger partial charge in [-0.3, -0.25) is 14.9 Å². The van der Waals surface area contributed by atoms with Gasteiger partial charge in [0.1, 0.15) is 11.4 Å². The van der Waals surface area contributed by atoms with Gasteiger partial charge in [-0.25, -0.2) is 14.1 Å². The minimum absolute atomic E-state index is 0.142. The third-order valence-electron chi connectivity index (χ3n) is 5.70. The zero-order valence-electron chi connectivity index (χ0n) is 18.0. The van der Waals surface area contributed by atoms with Crippen molar-refractivity contribution < 1.29 is 18.8 Å². The quantitative estimate of drug-likeness (QED) is 0.280. The van der Waals surface area contributed by atoms with E-state index >= 15 is 0 Å². The zero-order chi connectivity index (χ0) is 24.7. The van der Waals surface area contributed by atoms with E-state index in [2.05, 4.69) is 5.32 Å². The Labute approximate surface area is 209 Å². The van der Waals surface area contributed by atoms with Gasteiger partial charge < -0.3 is 4.57 Å². The number of aromatic nitrogens is 1. The number of rotatable bonds is 4. The Morgan fingerprint density at radius 3 is 2.29 bits per heavy atom. The highest BCUT2D eigenvalue weighted by Gasteiger charge is 2.37. The maximum Gasteiger partial charge on any atom is 0.335 e. The lowest BCUT2D eigenvalue weighted by Crippen LogP contribution is -2.54. The molecular formula is C26H16Cl2FN3O3. The van der Waals surface area contributed by atoms with E-state index in [9.17, 15) is 18.8 Å². The number of hydrogen-bond acceptors (Lipinski definition) is 3. The van der Waals surface area contributed by atoms with E-state index in [0.717, 1.165) is 33.5 Å². The van der Waals surface area contributed by atoms with Crippen molar-refractivity contribution in [3.05, 3.63) is 105 Å². The first kappa shape index (κ1) is 22.8. The molecule has 1 aliphatic rings. The lowest BCUT2D eigenvalue weighted by atomic mass is 10.1. The van der Waals surface area contributed by atoms with Crippen LogP contribution in [0.1, 0.15) is 11.1 Å². The molecule has 1 saturated heterocycles. The molecule has 0 spiro atoms. The molecule has 35 heavy (non-hydrogen) atoms. The molecule has 3 aromatic carbocycles. The maximum atomic E-state index is 13.3. The summed E-state index contributed by atoms with van der Waals surface area (Å²) in [6, 6.07) is 16.7. The Morgan fingerprint density at radius 2 is 1.57 bits per heavy atom. The highest BCUT2D eigenvalue weighted by molar-refractivity contribution is 6.39. The molecular weight excluding hydrogens is 492 g/mol. The van der Waals surface area contributed by atoms with Crippen LogP contribution < -0.4 is 10.2 Å². The Balaban J connectivity index is 1.58. The number of carbonyl (C=O) groups excluding carboxylic acids is 3. The summed E-state index contributed by atoms with van der Waals surface area (Å²) in [4.78, 5) is 39.0. The third-order valence-corrected chi connectivity index (χ3v) is 6.40. The van der Waals surface area contributed by atoms with E-state index < -0.39 is 23.7 Å². The van der Waals surface area contributed by atoms with Crippen molar-refractivity contribution in [2.75, 3.05) is 4.90 Å². The molecule has 0 radical (unpaired) electrons. The number of carbonyl (C=O) groups is 3. The van der Waals surface area contributed by atoms with Crippen molar-refractivity contribution in [3.63, 3.8) is 0 Å². The summed E-state index contributed by atoms with van der Waals surface area (Å²) < 4.78 is 15.3. The SMILES string of the molecule is O=C1NC(=O)N(c2ccc(F)cc2)C(=O)C1=Cc1cn(Cc2c(Cl)cccc2Cl)c2ccccc12. The second kappa shape index (κ2) is 9.02. The van der Waals surface area contributed by atoms with Gasteiger partial charge >= 0.3 is 6.03 Å². The van der Waals surface area contributed by atoms with E-state index in [4.69, 9.17) is 23.2 Å². The van der Waals surface area contributed by atoms with E-state index in [1.807, 2.05) is 28.8 Å². The van der Waals surface area contributed by atoms with Crippen molar-refractivity contribution >= 4 is 63.7 Å². The van der Waals surface area contributed by atoms with Crippen LogP contribution in [0.15, 0.2) is 78.5 Å². The standard InChI is InChI=1S/C26H16Cl2FN3O3/c27-21-5-3-6-22(28)20(21)14-31-13-15(18-4-1-2-7-23(18)31)12-19-24(33)30-26(35)32(25(19)34)17-10-8-16(29)9-11-17/h1-13H,14H2,(H,30,33,35). The van der Waals surface area contributed by atoms with Gasteiger partial charge in [-0.05, 0) is 48.5 Å². The van der Waals surface area contributed by atoms with E-state index in [1.54, 1.807) is 24.4 Å². The fourth-order valence-electron chi connectivity index (χ4n) is 4.01. The lowest BCUT2D eigenvalue weighted by molar-refractivity contribution is -0.122. The average molecular weight is 508 g/mol. The number of urea groups is 1. The number of halogens is 3. The van der Waals surface area contributed by atoms with Gasteiger partial charge in [0.25, 0.3) is 11.8 Å². The number of anilines is 1. The van der Waals surface area contributed by atoms with Gasteiger partial charge in [-0.2, -0.15) is 0 Å². The molecule has 1 aromatic heterocycles. The first-order chi connectivity index (χ1) is 16.8. The minimum atomic E-state index is -0.903. The fourth-order valence-corrected chi connectivity index (χ4v) is 4.53. The number of hydrogen-bond donors (Lipinski definition) is 1. The second-order valence-electron chi connectivity index (χ2n) is 7.86. The number of nitrogens with zero attached hydrogens (tertiary/aromatic N) is 2. The van der Waals surface area contributed by atoms with Crippen LogP contribution in [0.3, 0.4) is 0 Å². The van der Waals surface area contributed by atoms with Crippen LogP contribution in [0, 0.1) is 5.82 Å². The molecule has 174 valence electrons. The number of fused-ring (bicyclic) bond motifs is 1. The first-order valence-electron chi connectivity index (χ1n) is 10.5. The topological polar surface area (TPSA) is 71.4 Å². The van der Waals surface area contributed by atoms with Crippen LogP contribution in [0.2, 0.25) is 10.0 Å². The highest BCUT2D eigenvalue weighted by atomic mass is 35.5. The Hall–Kier alpha value is -3.94. The number of benzene rings is 3. The Bertz CT molecular complexity index is 1520. The summed E-state index contributed by atoms with van der Waals surface area (Å²) in [5, 5.41) is 4.00. The summed E-state index contributed by atoms with van der Waals surface area (Å²) >= 11 is 12.7. The van der Waals surface area contributed by atoms with E-state index in [1.165, 1.54) is 18.2 Å². The molecule has 0 aliphatic carbocycles. The summed E-state index contributed by atoms with van der Waals surface area (Å²) in [6.45, 7) is 0.364. The summed E-state index contributed by atoms with van der Waals surface area (Å²) in [7, 11) is 0. The second-order valence-corrected chi connectivity index (χ2v) is 8.68. The highest BCUT2D eigenvalue weighted by Crippen LogP contribution is 2.30. The molecule has 1 fully saturated rings. The molecule has 4 amide bonds. The largest absolute Gasteiger partial charge is 0.342 e. The van der Waals surface area contributed by atoms with Crippen molar-refractivity contribution in [3.8, 4) is 0 Å². The molecule has 0 bridgehead atoms.